The Morgan fingerprint density at radius 1 is 0.411 bits per heavy atom. The Balaban J connectivity index is 1.10. The van der Waals surface area contributed by atoms with Crippen LogP contribution >= 0.6 is 11.3 Å². The third-order valence-electron chi connectivity index (χ3n) is 10.3. The molecule has 3 heterocycles. The van der Waals surface area contributed by atoms with Gasteiger partial charge in [-0.1, -0.05) is 152 Å². The van der Waals surface area contributed by atoms with Crippen LogP contribution in [0.1, 0.15) is 6.85 Å². The van der Waals surface area contributed by atoms with E-state index in [9.17, 15) is 0 Å². The highest BCUT2D eigenvalue weighted by molar-refractivity contribution is 7.26. The standard InChI is InChI=1S/C51H32N4S/c1-2-14-33(15-3-1)34-16-10-18-36(30-34)49-52-50(37-19-11-17-35(31-37)40-25-13-26-44-43-24-6-9-29-47(43)56-48(40)44)54-51(53-49)38-20-12-21-39(32-38)55-45-27-7-4-22-41(45)42-23-5-8-28-46(42)55/h1-32H/i1D,2D,3D,14D,15D. The van der Waals surface area contributed by atoms with Gasteiger partial charge < -0.3 is 4.57 Å². The van der Waals surface area contributed by atoms with Gasteiger partial charge in [-0.2, -0.15) is 0 Å². The molecule has 0 aliphatic heterocycles. The van der Waals surface area contributed by atoms with Gasteiger partial charge in [0.1, 0.15) is 0 Å². The quantitative estimate of drug-likeness (QED) is 0.171. The highest BCUT2D eigenvalue weighted by Gasteiger charge is 2.17. The zero-order valence-corrected chi connectivity index (χ0v) is 30.6. The average Bonchev–Trinajstić information content (AvgIpc) is 3.86. The minimum atomic E-state index is -0.435. The maximum atomic E-state index is 8.68. The number of fused-ring (bicyclic) bond motifs is 6. The van der Waals surface area contributed by atoms with Gasteiger partial charge in [-0.15, -0.1) is 11.3 Å². The molecule has 0 saturated heterocycles. The average molecular weight is 738 g/mol. The Kier molecular flexibility index (Phi) is 6.49. The Labute approximate surface area is 334 Å². The van der Waals surface area contributed by atoms with E-state index < -0.39 is 6.04 Å². The lowest BCUT2D eigenvalue weighted by Gasteiger charge is -2.12. The maximum absolute atomic E-state index is 8.68. The Bertz CT molecular complexity index is 3490. The third kappa shape index (κ3) is 5.48. The highest BCUT2D eigenvalue weighted by atomic mass is 32.1. The van der Waals surface area contributed by atoms with Gasteiger partial charge in [0.2, 0.25) is 0 Å². The molecule has 0 fully saturated rings. The van der Waals surface area contributed by atoms with Crippen LogP contribution in [0.3, 0.4) is 0 Å². The van der Waals surface area contributed by atoms with Crippen LogP contribution in [0.15, 0.2) is 194 Å². The molecular weight excluding hydrogens is 701 g/mol. The van der Waals surface area contributed by atoms with Gasteiger partial charge in [0, 0.05) is 53.3 Å². The van der Waals surface area contributed by atoms with Gasteiger partial charge in [0.05, 0.1) is 17.9 Å². The third-order valence-corrected chi connectivity index (χ3v) is 11.5. The molecule has 0 aliphatic carbocycles. The monoisotopic (exact) mass is 737 g/mol. The smallest absolute Gasteiger partial charge is 0.164 e. The van der Waals surface area contributed by atoms with E-state index in [1.54, 1.807) is 29.5 Å². The van der Waals surface area contributed by atoms with E-state index in [1.165, 1.54) is 30.9 Å². The molecule has 11 aromatic rings. The van der Waals surface area contributed by atoms with Gasteiger partial charge >= 0.3 is 0 Å². The molecule has 262 valence electrons. The Morgan fingerprint density at radius 2 is 0.929 bits per heavy atom. The maximum Gasteiger partial charge on any atom is 0.164 e. The first kappa shape index (κ1) is 27.4. The lowest BCUT2D eigenvalue weighted by molar-refractivity contribution is 1.07. The van der Waals surface area contributed by atoms with E-state index in [0.29, 0.717) is 28.6 Å². The number of thiophene rings is 1. The van der Waals surface area contributed by atoms with Crippen molar-refractivity contribution in [3.63, 3.8) is 0 Å². The van der Waals surface area contributed by atoms with Crippen molar-refractivity contribution in [3.05, 3.63) is 194 Å². The van der Waals surface area contributed by atoms with E-state index in [1.807, 2.05) is 30.3 Å². The molecule has 0 spiro atoms. The molecule has 4 nitrogen and oxygen atoms in total. The van der Waals surface area contributed by atoms with Crippen molar-refractivity contribution in [2.24, 2.45) is 0 Å². The van der Waals surface area contributed by atoms with Crippen molar-refractivity contribution in [2.75, 3.05) is 0 Å². The van der Waals surface area contributed by atoms with E-state index in [4.69, 9.17) is 21.8 Å². The molecule has 0 saturated carbocycles. The predicted molar refractivity (Wildman–Crippen MR) is 234 cm³/mol. The summed E-state index contributed by atoms with van der Waals surface area (Å²) in [6, 6.07) is 53.7. The highest BCUT2D eigenvalue weighted by Crippen LogP contribution is 2.41. The van der Waals surface area contributed by atoms with E-state index in [2.05, 4.69) is 120 Å². The van der Waals surface area contributed by atoms with Crippen LogP contribution in [0, 0.1) is 0 Å². The molecule has 0 unspecified atom stereocenters. The second kappa shape index (κ2) is 13.3. The predicted octanol–water partition coefficient (Wildman–Crippen LogP) is 13.7. The fourth-order valence-electron chi connectivity index (χ4n) is 7.76. The van der Waals surface area contributed by atoms with Crippen LogP contribution in [0.4, 0.5) is 0 Å². The molecule has 0 aliphatic rings. The second-order valence-electron chi connectivity index (χ2n) is 13.7. The van der Waals surface area contributed by atoms with Gasteiger partial charge in [0.25, 0.3) is 0 Å². The number of para-hydroxylation sites is 2. The van der Waals surface area contributed by atoms with Crippen LogP contribution in [0.2, 0.25) is 0 Å². The molecule has 8 aromatic carbocycles. The number of hydrogen-bond acceptors (Lipinski definition) is 4. The van der Waals surface area contributed by atoms with Crippen molar-refractivity contribution in [3.8, 4) is 62.1 Å². The molecular formula is C51H32N4S. The molecule has 0 atom stereocenters. The number of hydrogen-bond donors (Lipinski definition) is 0. The summed E-state index contributed by atoms with van der Waals surface area (Å²) in [6.07, 6.45) is 0. The molecule has 0 bridgehead atoms. The summed E-state index contributed by atoms with van der Waals surface area (Å²) >= 11 is 1.79. The summed E-state index contributed by atoms with van der Waals surface area (Å²) in [5, 5.41) is 4.79. The molecule has 11 rings (SSSR count). The summed E-state index contributed by atoms with van der Waals surface area (Å²) < 4.78 is 46.8. The van der Waals surface area contributed by atoms with Crippen LogP contribution in [-0.4, -0.2) is 19.5 Å². The van der Waals surface area contributed by atoms with Gasteiger partial charge in [-0.3, -0.25) is 0 Å². The van der Waals surface area contributed by atoms with Gasteiger partial charge in [-0.25, -0.2) is 15.0 Å². The Morgan fingerprint density at radius 3 is 1.62 bits per heavy atom. The summed E-state index contributed by atoms with van der Waals surface area (Å²) in [7, 11) is 0. The number of benzene rings is 8. The minimum Gasteiger partial charge on any atom is -0.309 e. The molecule has 0 radical (unpaired) electrons. The summed E-state index contributed by atoms with van der Waals surface area (Å²) in [5.74, 6) is 1.32. The van der Waals surface area contributed by atoms with E-state index in [-0.39, 0.29) is 29.7 Å². The molecule has 0 N–H and O–H groups in total. The zero-order chi connectivity index (χ0) is 41.4. The molecule has 56 heavy (non-hydrogen) atoms. The van der Waals surface area contributed by atoms with E-state index in [0.717, 1.165) is 39.0 Å². The van der Waals surface area contributed by atoms with Crippen molar-refractivity contribution < 1.29 is 6.85 Å². The SMILES string of the molecule is [2H]c1c([2H])c([2H])c(-c2cccc(-c3nc(-c4cccc(-c5cccc6c5sc5ccccc56)c4)nc(-c4cccc(-n5c6ccccc6c6ccccc65)c4)n3)c2)c([2H])c1[2H]. The molecule has 5 heteroatoms. The fourth-order valence-corrected chi connectivity index (χ4v) is 8.99. The van der Waals surface area contributed by atoms with Crippen molar-refractivity contribution in [1.29, 1.82) is 0 Å². The van der Waals surface area contributed by atoms with Gasteiger partial charge in [-0.05, 0) is 64.7 Å². The number of rotatable bonds is 6. The van der Waals surface area contributed by atoms with E-state index >= 15 is 0 Å². The number of nitrogens with zero attached hydrogens (tertiary/aromatic N) is 4. The van der Waals surface area contributed by atoms with Crippen LogP contribution < -0.4 is 0 Å². The lowest BCUT2D eigenvalue weighted by atomic mass is 10.0. The first-order chi connectivity index (χ1) is 29.8. The second-order valence-corrected chi connectivity index (χ2v) is 14.7. The number of aromatic nitrogens is 4. The van der Waals surface area contributed by atoms with Crippen LogP contribution in [-0.2, 0) is 0 Å². The van der Waals surface area contributed by atoms with Crippen molar-refractivity contribution in [1.82, 2.24) is 19.5 Å². The molecule has 3 aromatic heterocycles. The molecule has 0 amide bonds. The van der Waals surface area contributed by atoms with Crippen molar-refractivity contribution >= 4 is 53.3 Å². The zero-order valence-electron chi connectivity index (χ0n) is 34.8. The Hall–Kier alpha value is -7.21. The summed E-state index contributed by atoms with van der Waals surface area (Å²) in [5.41, 5.74) is 8.08. The lowest BCUT2D eigenvalue weighted by Crippen LogP contribution is -2.01. The largest absolute Gasteiger partial charge is 0.309 e. The normalized spacial score (nSPS) is 12.8. The summed E-state index contributed by atoms with van der Waals surface area (Å²) in [6.45, 7) is 0. The topological polar surface area (TPSA) is 43.6 Å². The first-order valence-electron chi connectivity index (χ1n) is 20.9. The van der Waals surface area contributed by atoms with Crippen LogP contribution in [0.25, 0.3) is 104 Å². The fraction of sp³-hybridized carbons (Fsp3) is 0. The minimum absolute atomic E-state index is 0.115. The van der Waals surface area contributed by atoms with Gasteiger partial charge in [0.15, 0.2) is 17.5 Å². The van der Waals surface area contributed by atoms with Crippen LogP contribution in [0.5, 0.6) is 0 Å². The summed E-state index contributed by atoms with van der Waals surface area (Å²) in [4.78, 5) is 15.3. The van der Waals surface area contributed by atoms with Crippen molar-refractivity contribution in [2.45, 2.75) is 0 Å². The first-order valence-corrected chi connectivity index (χ1v) is 19.2.